The number of hydrogen-bond donors (Lipinski definition) is 0. The van der Waals surface area contributed by atoms with Crippen LogP contribution in [0.25, 0.3) is 0 Å². The molecule has 0 aliphatic heterocycles. The average Bonchev–Trinajstić information content (AvgIpc) is 2.83. The quantitative estimate of drug-likeness (QED) is 0.621. The molecule has 0 atom stereocenters. The van der Waals surface area contributed by atoms with Crippen molar-refractivity contribution in [3.8, 4) is 5.75 Å². The zero-order chi connectivity index (χ0) is 14.5. The van der Waals surface area contributed by atoms with Crippen LogP contribution in [0.5, 0.6) is 5.75 Å². The Balaban J connectivity index is 1.83. The monoisotopic (exact) mass is 273 g/mol. The molecule has 20 heavy (non-hydrogen) atoms. The molecule has 4 nitrogen and oxygen atoms in total. The fourth-order valence-corrected chi connectivity index (χ4v) is 2.05. The molecule has 1 heterocycles. The highest BCUT2D eigenvalue weighted by atomic mass is 16.6. The Hall–Kier alpha value is -2.23. The maximum Gasteiger partial charge on any atom is 0.355 e. The maximum atomic E-state index is 11.8. The molecular formula is C16H19NO3. The molecule has 0 radical (unpaired) electrons. The Morgan fingerprint density at radius 2 is 1.80 bits per heavy atom. The van der Waals surface area contributed by atoms with E-state index in [4.69, 9.17) is 9.47 Å². The number of ether oxygens (including phenoxy) is 2. The zero-order valence-corrected chi connectivity index (χ0v) is 12.1. The number of nitrogens with zero attached hydrogens (tertiary/aromatic N) is 1. The van der Waals surface area contributed by atoms with E-state index in [1.54, 1.807) is 10.6 Å². The molecule has 0 fully saturated rings. The van der Waals surface area contributed by atoms with Crippen LogP contribution in [-0.4, -0.2) is 23.8 Å². The first-order valence-corrected chi connectivity index (χ1v) is 6.57. The number of esters is 1. The number of carbonyl (C=O) groups is 1. The number of carbonyl (C=O) groups excluding carboxylic acids is 1. The van der Waals surface area contributed by atoms with Gasteiger partial charge in [-0.15, -0.1) is 0 Å². The van der Waals surface area contributed by atoms with Crippen molar-refractivity contribution < 1.29 is 14.3 Å². The van der Waals surface area contributed by atoms with Crippen LogP contribution in [0.3, 0.4) is 0 Å². The van der Waals surface area contributed by atoms with Crippen molar-refractivity contribution in [2.24, 2.45) is 7.05 Å². The predicted molar refractivity (Wildman–Crippen MR) is 77.1 cm³/mol. The first-order chi connectivity index (χ1) is 9.59. The molecule has 0 aliphatic rings. The molecule has 2 aromatic rings. The van der Waals surface area contributed by atoms with Gasteiger partial charge >= 0.3 is 5.97 Å². The summed E-state index contributed by atoms with van der Waals surface area (Å²) in [5.74, 6) is 0.532. The number of aromatic nitrogens is 1. The first kappa shape index (κ1) is 14.2. The van der Waals surface area contributed by atoms with Crippen molar-refractivity contribution in [3.63, 3.8) is 0 Å². The Morgan fingerprint density at radius 3 is 2.40 bits per heavy atom. The highest BCUT2D eigenvalue weighted by molar-refractivity contribution is 5.87. The molecule has 0 amide bonds. The van der Waals surface area contributed by atoms with E-state index in [9.17, 15) is 4.79 Å². The lowest BCUT2D eigenvalue weighted by atomic mass is 10.1. The van der Waals surface area contributed by atoms with Gasteiger partial charge in [-0.3, -0.25) is 0 Å². The highest BCUT2D eigenvalue weighted by Gasteiger charge is 2.10. The lowest BCUT2D eigenvalue weighted by molar-refractivity contribution is 0.0439. The van der Waals surface area contributed by atoms with E-state index in [0.29, 0.717) is 12.3 Å². The summed E-state index contributed by atoms with van der Waals surface area (Å²) in [6.45, 7) is 4.58. The van der Waals surface area contributed by atoms with E-state index in [0.717, 1.165) is 16.9 Å². The van der Waals surface area contributed by atoms with Crippen molar-refractivity contribution in [2.45, 2.75) is 13.8 Å². The molecule has 0 unspecified atom stereocenters. The first-order valence-electron chi connectivity index (χ1n) is 6.57. The molecule has 0 saturated carbocycles. The molecular weight excluding hydrogens is 254 g/mol. The second kappa shape index (κ2) is 6.28. The van der Waals surface area contributed by atoms with Crippen molar-refractivity contribution in [1.29, 1.82) is 0 Å². The van der Waals surface area contributed by atoms with Gasteiger partial charge in [0.25, 0.3) is 0 Å². The van der Waals surface area contributed by atoms with Gasteiger partial charge in [0.2, 0.25) is 0 Å². The number of rotatable bonds is 5. The number of aryl methyl sites for hydroxylation is 3. The average molecular weight is 273 g/mol. The lowest BCUT2D eigenvalue weighted by Crippen LogP contribution is -2.15. The molecule has 0 saturated heterocycles. The van der Waals surface area contributed by atoms with Crippen LogP contribution in [0.15, 0.2) is 36.5 Å². The van der Waals surface area contributed by atoms with Gasteiger partial charge in [-0.2, -0.15) is 0 Å². The summed E-state index contributed by atoms with van der Waals surface area (Å²) in [6.07, 6.45) is 1.81. The van der Waals surface area contributed by atoms with Crippen LogP contribution in [0, 0.1) is 13.8 Å². The van der Waals surface area contributed by atoms with Crippen molar-refractivity contribution in [2.75, 3.05) is 13.2 Å². The Morgan fingerprint density at radius 1 is 1.10 bits per heavy atom. The largest absolute Gasteiger partial charge is 0.489 e. The molecule has 0 bridgehead atoms. The van der Waals surface area contributed by atoms with Crippen LogP contribution in [0.1, 0.15) is 21.6 Å². The summed E-state index contributed by atoms with van der Waals surface area (Å²) in [5.41, 5.74) is 2.70. The number of hydrogen-bond acceptors (Lipinski definition) is 3. The molecule has 1 aromatic carbocycles. The summed E-state index contributed by atoms with van der Waals surface area (Å²) in [4.78, 5) is 11.8. The summed E-state index contributed by atoms with van der Waals surface area (Å²) in [6, 6.07) is 9.53. The van der Waals surface area contributed by atoms with Crippen LogP contribution in [-0.2, 0) is 11.8 Å². The highest BCUT2D eigenvalue weighted by Crippen LogP contribution is 2.22. The Bertz CT molecular complexity index is 581. The van der Waals surface area contributed by atoms with Gasteiger partial charge in [-0.05, 0) is 37.1 Å². The van der Waals surface area contributed by atoms with E-state index in [1.807, 2.05) is 51.4 Å². The molecule has 0 N–H and O–H groups in total. The molecule has 0 spiro atoms. The smallest absolute Gasteiger partial charge is 0.355 e. The third-order valence-electron chi connectivity index (χ3n) is 3.12. The van der Waals surface area contributed by atoms with Gasteiger partial charge in [0.15, 0.2) is 0 Å². The zero-order valence-electron chi connectivity index (χ0n) is 12.1. The Labute approximate surface area is 118 Å². The van der Waals surface area contributed by atoms with Crippen LogP contribution in [0.2, 0.25) is 0 Å². The summed E-state index contributed by atoms with van der Waals surface area (Å²) < 4.78 is 12.6. The van der Waals surface area contributed by atoms with E-state index < -0.39 is 0 Å². The molecule has 2 rings (SSSR count). The normalized spacial score (nSPS) is 10.3. The fourth-order valence-electron chi connectivity index (χ4n) is 2.05. The second-order valence-electron chi connectivity index (χ2n) is 4.71. The van der Waals surface area contributed by atoms with Crippen molar-refractivity contribution in [1.82, 2.24) is 4.57 Å². The van der Waals surface area contributed by atoms with E-state index in [1.165, 1.54) is 0 Å². The molecule has 1 aromatic heterocycles. The number of benzene rings is 1. The van der Waals surface area contributed by atoms with Gasteiger partial charge in [0.05, 0.1) is 0 Å². The van der Waals surface area contributed by atoms with Crippen molar-refractivity contribution in [3.05, 3.63) is 53.3 Å². The number of para-hydroxylation sites is 1. The minimum Gasteiger partial charge on any atom is -0.489 e. The Kier molecular flexibility index (Phi) is 4.45. The van der Waals surface area contributed by atoms with Crippen LogP contribution in [0.4, 0.5) is 0 Å². The third kappa shape index (κ3) is 3.20. The van der Waals surface area contributed by atoms with Gasteiger partial charge in [-0.1, -0.05) is 18.2 Å². The van der Waals surface area contributed by atoms with Gasteiger partial charge < -0.3 is 14.0 Å². The van der Waals surface area contributed by atoms with Gasteiger partial charge in [0, 0.05) is 13.2 Å². The topological polar surface area (TPSA) is 40.5 Å². The van der Waals surface area contributed by atoms with Crippen LogP contribution >= 0.6 is 0 Å². The fraction of sp³-hybridized carbons (Fsp3) is 0.312. The van der Waals surface area contributed by atoms with E-state index >= 15 is 0 Å². The molecule has 0 aliphatic carbocycles. The summed E-state index contributed by atoms with van der Waals surface area (Å²) >= 11 is 0. The van der Waals surface area contributed by atoms with Gasteiger partial charge in [-0.25, -0.2) is 4.79 Å². The lowest BCUT2D eigenvalue weighted by Gasteiger charge is -2.12. The summed E-state index contributed by atoms with van der Waals surface area (Å²) in [5, 5.41) is 0. The van der Waals surface area contributed by atoms with E-state index in [-0.39, 0.29) is 12.6 Å². The van der Waals surface area contributed by atoms with Gasteiger partial charge in [0.1, 0.15) is 24.7 Å². The van der Waals surface area contributed by atoms with E-state index in [2.05, 4.69) is 0 Å². The standard InChI is InChI=1S/C16H19NO3/c1-12-6-4-7-13(2)15(12)19-10-11-20-16(18)14-8-5-9-17(14)3/h4-9H,10-11H2,1-3H3. The second-order valence-corrected chi connectivity index (χ2v) is 4.71. The van der Waals surface area contributed by atoms with Crippen LogP contribution < -0.4 is 4.74 Å². The minimum atomic E-state index is -0.331. The minimum absolute atomic E-state index is 0.234. The molecule has 106 valence electrons. The maximum absolute atomic E-state index is 11.8. The third-order valence-corrected chi connectivity index (χ3v) is 3.12. The van der Waals surface area contributed by atoms with Crippen molar-refractivity contribution >= 4 is 5.97 Å². The predicted octanol–water partition coefficient (Wildman–Crippen LogP) is 2.88. The summed E-state index contributed by atoms with van der Waals surface area (Å²) in [7, 11) is 1.81. The SMILES string of the molecule is Cc1cccc(C)c1OCCOC(=O)c1cccn1C. The molecule has 4 heteroatoms.